The van der Waals surface area contributed by atoms with E-state index >= 15 is 0 Å². The number of carbonyl (C=O) groups is 1. The highest BCUT2D eigenvalue weighted by Crippen LogP contribution is 2.28. The largest absolute Gasteiger partial charge is 0.493 e. The second-order valence-electron chi connectivity index (χ2n) is 6.90. The summed E-state index contributed by atoms with van der Waals surface area (Å²) in [6.45, 7) is 3.03. The normalized spacial score (nSPS) is 10.7. The number of methoxy groups -OCH3 is 1. The lowest BCUT2D eigenvalue weighted by atomic mass is 10.2. The summed E-state index contributed by atoms with van der Waals surface area (Å²) in [4.78, 5) is 12.4. The van der Waals surface area contributed by atoms with Gasteiger partial charge in [0.05, 0.1) is 19.9 Å². The van der Waals surface area contributed by atoms with E-state index in [2.05, 4.69) is 10.5 Å². The molecule has 0 saturated carbocycles. The molecule has 0 spiro atoms. The van der Waals surface area contributed by atoms with E-state index in [4.69, 9.17) is 25.8 Å². The molecule has 0 aliphatic rings. The first-order chi connectivity index (χ1) is 15.6. The van der Waals surface area contributed by atoms with Gasteiger partial charge in [0, 0.05) is 10.6 Å². The molecular formula is C25H25ClN2O4. The third-order valence-corrected chi connectivity index (χ3v) is 4.68. The van der Waals surface area contributed by atoms with E-state index in [0.717, 1.165) is 23.3 Å². The van der Waals surface area contributed by atoms with Crippen molar-refractivity contribution in [2.45, 2.75) is 20.0 Å². The van der Waals surface area contributed by atoms with Crippen molar-refractivity contribution < 1.29 is 19.0 Å². The zero-order valence-electron chi connectivity index (χ0n) is 18.0. The van der Waals surface area contributed by atoms with Crippen molar-refractivity contribution in [3.05, 3.63) is 88.4 Å². The molecule has 0 aliphatic heterocycles. The van der Waals surface area contributed by atoms with E-state index in [1.165, 1.54) is 7.11 Å². The molecule has 1 N–H and O–H groups in total. The Hall–Kier alpha value is -3.51. The number of ether oxygens (including phenoxy) is 3. The van der Waals surface area contributed by atoms with Crippen molar-refractivity contribution in [3.8, 4) is 17.2 Å². The van der Waals surface area contributed by atoms with Crippen LogP contribution in [-0.2, 0) is 6.61 Å². The van der Waals surface area contributed by atoms with Crippen LogP contribution in [0.2, 0.25) is 5.02 Å². The van der Waals surface area contributed by atoms with Gasteiger partial charge in [0.25, 0.3) is 5.91 Å². The second-order valence-corrected chi connectivity index (χ2v) is 7.34. The van der Waals surface area contributed by atoms with Gasteiger partial charge in [-0.05, 0) is 72.1 Å². The van der Waals surface area contributed by atoms with Gasteiger partial charge in [-0.2, -0.15) is 5.10 Å². The lowest BCUT2D eigenvalue weighted by Crippen LogP contribution is -2.17. The van der Waals surface area contributed by atoms with Gasteiger partial charge < -0.3 is 14.2 Å². The summed E-state index contributed by atoms with van der Waals surface area (Å²) in [6.07, 6.45) is 2.45. The van der Waals surface area contributed by atoms with Gasteiger partial charge in [0.2, 0.25) is 0 Å². The molecule has 3 aromatic rings. The number of amides is 1. The van der Waals surface area contributed by atoms with Crippen LogP contribution in [0.5, 0.6) is 17.2 Å². The fourth-order valence-corrected chi connectivity index (χ4v) is 3.03. The number of carbonyl (C=O) groups excluding carboxylic acids is 1. The van der Waals surface area contributed by atoms with Crippen molar-refractivity contribution in [2.24, 2.45) is 5.10 Å². The Morgan fingerprint density at radius 3 is 2.56 bits per heavy atom. The summed E-state index contributed by atoms with van der Waals surface area (Å²) in [5, 5.41) is 4.71. The highest BCUT2D eigenvalue weighted by Gasteiger charge is 2.10. The molecule has 0 saturated heterocycles. The molecule has 0 radical (unpaired) electrons. The molecule has 0 fully saturated rings. The van der Waals surface area contributed by atoms with Gasteiger partial charge in [-0.15, -0.1) is 0 Å². The average Bonchev–Trinajstić information content (AvgIpc) is 2.82. The summed E-state index contributed by atoms with van der Waals surface area (Å²) in [6, 6.07) is 19.9. The topological polar surface area (TPSA) is 69.2 Å². The predicted octanol–water partition coefficient (Wildman–Crippen LogP) is 5.48. The molecule has 166 valence electrons. The maximum absolute atomic E-state index is 12.4. The van der Waals surface area contributed by atoms with E-state index in [9.17, 15) is 4.79 Å². The Bertz CT molecular complexity index is 1070. The minimum atomic E-state index is -0.344. The Labute approximate surface area is 192 Å². The number of halogens is 1. The quantitative estimate of drug-likeness (QED) is 0.326. The molecule has 0 atom stereocenters. The summed E-state index contributed by atoms with van der Waals surface area (Å²) in [5.74, 6) is 1.49. The van der Waals surface area contributed by atoms with Crippen molar-refractivity contribution in [1.82, 2.24) is 5.43 Å². The fraction of sp³-hybridized carbons (Fsp3) is 0.200. The Kier molecular flexibility index (Phi) is 8.52. The van der Waals surface area contributed by atoms with Gasteiger partial charge in [0.1, 0.15) is 12.4 Å². The monoisotopic (exact) mass is 452 g/mol. The molecule has 0 aliphatic carbocycles. The maximum Gasteiger partial charge on any atom is 0.271 e. The van der Waals surface area contributed by atoms with Crippen molar-refractivity contribution >= 4 is 23.7 Å². The Morgan fingerprint density at radius 1 is 1.03 bits per heavy atom. The molecule has 3 aromatic carbocycles. The standard InChI is InChI=1S/C25H25ClN2O4/c1-3-13-31-23-12-9-20(15-24(23)30-2)25(29)28-27-16-18-7-10-22(11-8-18)32-17-19-5-4-6-21(26)14-19/h4-12,14-16H,3,13,17H2,1-2H3,(H,28,29)/b27-16+. The zero-order valence-corrected chi connectivity index (χ0v) is 18.8. The number of rotatable bonds is 10. The van der Waals surface area contributed by atoms with Gasteiger partial charge in [0.15, 0.2) is 11.5 Å². The van der Waals surface area contributed by atoms with Crippen LogP contribution in [0.1, 0.15) is 34.8 Å². The Morgan fingerprint density at radius 2 is 1.84 bits per heavy atom. The molecule has 0 bridgehead atoms. The van der Waals surface area contributed by atoms with Crippen LogP contribution in [0.25, 0.3) is 0 Å². The van der Waals surface area contributed by atoms with Gasteiger partial charge in [-0.25, -0.2) is 5.43 Å². The molecule has 0 unspecified atom stereocenters. The molecule has 32 heavy (non-hydrogen) atoms. The van der Waals surface area contributed by atoms with Gasteiger partial charge in [-0.3, -0.25) is 4.79 Å². The van der Waals surface area contributed by atoms with E-state index < -0.39 is 0 Å². The summed E-state index contributed by atoms with van der Waals surface area (Å²) >= 11 is 5.99. The van der Waals surface area contributed by atoms with E-state index in [0.29, 0.717) is 35.3 Å². The van der Waals surface area contributed by atoms with E-state index in [1.54, 1.807) is 24.4 Å². The minimum absolute atomic E-state index is 0.344. The first-order valence-corrected chi connectivity index (χ1v) is 10.6. The second kappa shape index (κ2) is 11.8. The summed E-state index contributed by atoms with van der Waals surface area (Å²) < 4.78 is 16.7. The third kappa shape index (κ3) is 6.75. The van der Waals surface area contributed by atoms with E-state index in [1.807, 2.05) is 55.5 Å². The molecule has 0 aromatic heterocycles. The van der Waals surface area contributed by atoms with Gasteiger partial charge >= 0.3 is 0 Å². The lowest BCUT2D eigenvalue weighted by molar-refractivity contribution is 0.0954. The van der Waals surface area contributed by atoms with Crippen LogP contribution in [0.15, 0.2) is 71.8 Å². The molecular weight excluding hydrogens is 428 g/mol. The highest BCUT2D eigenvalue weighted by atomic mass is 35.5. The molecule has 1 amide bonds. The molecule has 6 nitrogen and oxygen atoms in total. The van der Waals surface area contributed by atoms with Crippen LogP contribution >= 0.6 is 11.6 Å². The fourth-order valence-electron chi connectivity index (χ4n) is 2.81. The van der Waals surface area contributed by atoms with Crippen LogP contribution < -0.4 is 19.6 Å². The van der Waals surface area contributed by atoms with Crippen LogP contribution in [0.3, 0.4) is 0 Å². The number of hydrazone groups is 1. The number of hydrogen-bond acceptors (Lipinski definition) is 5. The van der Waals surface area contributed by atoms with Crippen molar-refractivity contribution in [3.63, 3.8) is 0 Å². The highest BCUT2D eigenvalue weighted by molar-refractivity contribution is 6.30. The van der Waals surface area contributed by atoms with Gasteiger partial charge in [-0.1, -0.05) is 30.7 Å². The zero-order chi connectivity index (χ0) is 22.8. The summed E-state index contributed by atoms with van der Waals surface area (Å²) in [5.41, 5.74) is 4.76. The van der Waals surface area contributed by atoms with Crippen molar-refractivity contribution in [1.29, 1.82) is 0 Å². The molecule has 0 heterocycles. The SMILES string of the molecule is CCCOc1ccc(C(=O)N/N=C/c2ccc(OCc3cccc(Cl)c3)cc2)cc1OC. The maximum atomic E-state index is 12.4. The molecule has 3 rings (SSSR count). The summed E-state index contributed by atoms with van der Waals surface area (Å²) in [7, 11) is 1.54. The number of nitrogens with zero attached hydrogens (tertiary/aromatic N) is 1. The Balaban J connectivity index is 1.53. The molecule has 7 heteroatoms. The number of nitrogens with one attached hydrogen (secondary N) is 1. The average molecular weight is 453 g/mol. The minimum Gasteiger partial charge on any atom is -0.493 e. The van der Waals surface area contributed by atoms with E-state index in [-0.39, 0.29) is 5.91 Å². The van der Waals surface area contributed by atoms with Crippen LogP contribution in [0.4, 0.5) is 0 Å². The van der Waals surface area contributed by atoms with Crippen molar-refractivity contribution in [2.75, 3.05) is 13.7 Å². The van der Waals surface area contributed by atoms with Crippen LogP contribution in [0, 0.1) is 0 Å². The first kappa shape index (κ1) is 23.2. The lowest BCUT2D eigenvalue weighted by Gasteiger charge is -2.11. The number of hydrogen-bond donors (Lipinski definition) is 1. The first-order valence-electron chi connectivity index (χ1n) is 10.2. The smallest absolute Gasteiger partial charge is 0.271 e. The predicted molar refractivity (Wildman–Crippen MR) is 126 cm³/mol. The third-order valence-electron chi connectivity index (χ3n) is 4.44. The van der Waals surface area contributed by atoms with Crippen LogP contribution in [-0.4, -0.2) is 25.8 Å². The number of benzene rings is 3.